The van der Waals surface area contributed by atoms with Crippen LogP contribution in [-0.4, -0.2) is 12.4 Å². The first-order chi connectivity index (χ1) is 8.13. The summed E-state index contributed by atoms with van der Waals surface area (Å²) in [5.41, 5.74) is 1.49. The van der Waals surface area contributed by atoms with Gasteiger partial charge in [-0.2, -0.15) is 0 Å². The van der Waals surface area contributed by atoms with Gasteiger partial charge >= 0.3 is 0 Å². The van der Waals surface area contributed by atoms with Crippen LogP contribution in [0.1, 0.15) is 17.3 Å². The summed E-state index contributed by atoms with van der Waals surface area (Å²) in [5.74, 6) is 0.701. The van der Waals surface area contributed by atoms with E-state index in [4.69, 9.17) is 4.74 Å². The fourth-order valence-electron chi connectivity index (χ4n) is 1.23. The minimum Gasteiger partial charge on any atom is -0.489 e. The molecule has 0 saturated heterocycles. The summed E-state index contributed by atoms with van der Waals surface area (Å²) in [6.45, 7) is 9.34. The van der Waals surface area contributed by atoms with Crippen LogP contribution in [-0.2, 0) is 0 Å². The van der Waals surface area contributed by atoms with Crippen molar-refractivity contribution < 1.29 is 9.53 Å². The lowest BCUT2D eigenvalue weighted by Crippen LogP contribution is -2.00. The maximum atomic E-state index is 11.2. The van der Waals surface area contributed by atoms with Crippen molar-refractivity contribution in [2.24, 2.45) is 0 Å². The highest BCUT2D eigenvalue weighted by Crippen LogP contribution is 2.14. The first-order valence-electron chi connectivity index (χ1n) is 5.34. The van der Waals surface area contributed by atoms with Crippen LogP contribution in [0.3, 0.4) is 0 Å². The van der Waals surface area contributed by atoms with Crippen LogP contribution in [0.5, 0.6) is 5.75 Å². The number of benzene rings is 1. The van der Waals surface area contributed by atoms with Crippen molar-refractivity contribution in [3.05, 3.63) is 66.8 Å². The summed E-state index contributed by atoms with van der Waals surface area (Å²) in [6, 6.07) is 7.11. The fourth-order valence-corrected chi connectivity index (χ4v) is 1.23. The van der Waals surface area contributed by atoms with E-state index in [2.05, 4.69) is 13.2 Å². The summed E-state index contributed by atoms with van der Waals surface area (Å²) in [4.78, 5) is 11.2. The Labute approximate surface area is 102 Å². The maximum Gasteiger partial charge on any atom is 0.159 e. The lowest BCUT2D eigenvalue weighted by atomic mass is 10.1. The number of Topliss-reactive ketones (excluding diaryl/α,β-unsaturated/α-hetero) is 1. The van der Waals surface area contributed by atoms with Crippen LogP contribution in [0, 0.1) is 0 Å². The molecule has 1 aromatic carbocycles. The zero-order chi connectivity index (χ0) is 12.7. The molecule has 0 N–H and O–H groups in total. The Kier molecular flexibility index (Phi) is 4.95. The molecule has 0 radical (unpaired) electrons. The second-order valence-electron chi connectivity index (χ2n) is 3.63. The molecule has 0 saturated carbocycles. The SMILES string of the molecule is C=C/C=C\C(=C)COc1cccc(C(C)=O)c1. The van der Waals surface area contributed by atoms with Gasteiger partial charge in [0.05, 0.1) is 0 Å². The van der Waals surface area contributed by atoms with Crippen LogP contribution < -0.4 is 4.74 Å². The van der Waals surface area contributed by atoms with Gasteiger partial charge in [-0.25, -0.2) is 0 Å². The van der Waals surface area contributed by atoms with Crippen LogP contribution >= 0.6 is 0 Å². The van der Waals surface area contributed by atoms with Gasteiger partial charge < -0.3 is 4.74 Å². The second kappa shape index (κ2) is 6.48. The molecule has 0 unspecified atom stereocenters. The van der Waals surface area contributed by atoms with E-state index in [-0.39, 0.29) is 5.78 Å². The van der Waals surface area contributed by atoms with Crippen molar-refractivity contribution in [1.29, 1.82) is 0 Å². The van der Waals surface area contributed by atoms with E-state index < -0.39 is 0 Å². The van der Waals surface area contributed by atoms with Gasteiger partial charge in [-0.3, -0.25) is 4.79 Å². The Morgan fingerprint density at radius 3 is 2.88 bits per heavy atom. The quantitative estimate of drug-likeness (QED) is 0.549. The molecule has 1 aromatic rings. The summed E-state index contributed by atoms with van der Waals surface area (Å²) in [6.07, 6.45) is 5.32. The van der Waals surface area contributed by atoms with Gasteiger partial charge in [0, 0.05) is 5.56 Å². The van der Waals surface area contributed by atoms with Gasteiger partial charge in [-0.1, -0.05) is 43.5 Å². The topological polar surface area (TPSA) is 26.3 Å². The maximum absolute atomic E-state index is 11.2. The molecule has 2 nitrogen and oxygen atoms in total. The molecular weight excluding hydrogens is 212 g/mol. The number of carbonyl (C=O) groups is 1. The minimum atomic E-state index is 0.0285. The molecule has 0 bridgehead atoms. The van der Waals surface area contributed by atoms with Crippen LogP contribution in [0.15, 0.2) is 61.2 Å². The molecule has 1 rings (SSSR count). The van der Waals surface area contributed by atoms with E-state index >= 15 is 0 Å². The van der Waals surface area contributed by atoms with Crippen molar-refractivity contribution in [3.8, 4) is 5.75 Å². The first kappa shape index (κ1) is 13.0. The Morgan fingerprint density at radius 1 is 1.47 bits per heavy atom. The highest BCUT2D eigenvalue weighted by atomic mass is 16.5. The largest absolute Gasteiger partial charge is 0.489 e. The Morgan fingerprint density at radius 2 is 2.24 bits per heavy atom. The number of rotatable bonds is 6. The van der Waals surface area contributed by atoms with Crippen molar-refractivity contribution in [2.75, 3.05) is 6.61 Å². The summed E-state index contributed by atoms with van der Waals surface area (Å²) >= 11 is 0. The summed E-state index contributed by atoms with van der Waals surface area (Å²) in [5, 5.41) is 0. The van der Waals surface area contributed by atoms with Gasteiger partial charge in [0.15, 0.2) is 5.78 Å². The fraction of sp³-hybridized carbons (Fsp3) is 0.133. The van der Waals surface area contributed by atoms with Gasteiger partial charge in [0.25, 0.3) is 0 Å². The molecule has 0 aliphatic rings. The number of hydrogen-bond acceptors (Lipinski definition) is 2. The van der Waals surface area contributed by atoms with Gasteiger partial charge in [-0.15, -0.1) is 0 Å². The standard InChI is InChI=1S/C15H16O2/c1-4-5-7-12(2)11-17-15-9-6-8-14(10-15)13(3)16/h4-10H,1-2,11H2,3H3/b7-5-. The zero-order valence-corrected chi connectivity index (χ0v) is 9.98. The van der Waals surface area contributed by atoms with E-state index in [1.54, 1.807) is 30.4 Å². The summed E-state index contributed by atoms with van der Waals surface area (Å²) < 4.78 is 5.52. The van der Waals surface area contributed by atoms with E-state index in [0.717, 1.165) is 5.57 Å². The predicted octanol–water partition coefficient (Wildman–Crippen LogP) is 3.57. The number of ketones is 1. The van der Waals surface area contributed by atoms with Crippen LogP contribution in [0.2, 0.25) is 0 Å². The summed E-state index contributed by atoms with van der Waals surface area (Å²) in [7, 11) is 0. The van der Waals surface area contributed by atoms with Crippen LogP contribution in [0.4, 0.5) is 0 Å². The highest BCUT2D eigenvalue weighted by Gasteiger charge is 2.01. The highest BCUT2D eigenvalue weighted by molar-refractivity contribution is 5.94. The molecule has 0 fully saturated rings. The predicted molar refractivity (Wildman–Crippen MR) is 70.4 cm³/mol. The van der Waals surface area contributed by atoms with Gasteiger partial charge in [0.1, 0.15) is 12.4 Å². The average molecular weight is 228 g/mol. The average Bonchev–Trinajstić information content (AvgIpc) is 2.34. The van der Waals surface area contributed by atoms with Gasteiger partial charge in [-0.05, 0) is 24.6 Å². The zero-order valence-electron chi connectivity index (χ0n) is 9.98. The third-order valence-corrected chi connectivity index (χ3v) is 2.13. The molecule has 0 amide bonds. The van der Waals surface area contributed by atoms with Crippen LogP contribution in [0.25, 0.3) is 0 Å². The molecule has 0 aromatic heterocycles. The number of ether oxygens (including phenoxy) is 1. The van der Waals surface area contributed by atoms with Crippen molar-refractivity contribution >= 4 is 5.78 Å². The minimum absolute atomic E-state index is 0.0285. The van der Waals surface area contributed by atoms with Gasteiger partial charge in [0.2, 0.25) is 0 Å². The normalized spacial score (nSPS) is 10.2. The third kappa shape index (κ3) is 4.51. The number of allylic oxidation sites excluding steroid dienone is 2. The van der Waals surface area contributed by atoms with E-state index in [0.29, 0.717) is 17.9 Å². The molecule has 0 aliphatic heterocycles. The van der Waals surface area contributed by atoms with E-state index in [1.807, 2.05) is 12.1 Å². The van der Waals surface area contributed by atoms with Crippen molar-refractivity contribution in [2.45, 2.75) is 6.92 Å². The van der Waals surface area contributed by atoms with E-state index in [1.165, 1.54) is 6.92 Å². The monoisotopic (exact) mass is 228 g/mol. The smallest absolute Gasteiger partial charge is 0.159 e. The Hall–Kier alpha value is -2.09. The number of hydrogen-bond donors (Lipinski definition) is 0. The lowest BCUT2D eigenvalue weighted by molar-refractivity contribution is 0.101. The molecule has 2 heteroatoms. The Bertz CT molecular complexity index is 456. The molecule has 0 atom stereocenters. The molecule has 0 spiro atoms. The Balaban J connectivity index is 2.60. The number of carbonyl (C=O) groups excluding carboxylic acids is 1. The second-order valence-corrected chi connectivity index (χ2v) is 3.63. The molecule has 17 heavy (non-hydrogen) atoms. The third-order valence-electron chi connectivity index (χ3n) is 2.13. The molecular formula is C15H16O2. The first-order valence-corrected chi connectivity index (χ1v) is 5.34. The molecule has 0 heterocycles. The molecule has 88 valence electrons. The van der Waals surface area contributed by atoms with Crippen molar-refractivity contribution in [1.82, 2.24) is 0 Å². The molecule has 0 aliphatic carbocycles. The lowest BCUT2D eigenvalue weighted by Gasteiger charge is -2.06. The van der Waals surface area contributed by atoms with Crippen molar-refractivity contribution in [3.63, 3.8) is 0 Å². The van der Waals surface area contributed by atoms with E-state index in [9.17, 15) is 4.79 Å².